The Labute approximate surface area is 176 Å². The molecule has 4 saturated carbocycles. The summed E-state index contributed by atoms with van der Waals surface area (Å²) in [5, 5.41) is 21.5. The number of aliphatic hydroxyl groups is 2. The summed E-state index contributed by atoms with van der Waals surface area (Å²) < 4.78 is 4.86. The molecule has 0 aromatic heterocycles. The fraction of sp³-hybridized carbons (Fsp3) is 0.960. The van der Waals surface area contributed by atoms with Crippen LogP contribution in [0.5, 0.6) is 0 Å². The molecule has 0 saturated heterocycles. The second-order valence-electron chi connectivity index (χ2n) is 11.5. The number of rotatable bonds is 4. The lowest BCUT2D eigenvalue weighted by Crippen LogP contribution is -2.58. The van der Waals surface area contributed by atoms with E-state index < -0.39 is 0 Å². The van der Waals surface area contributed by atoms with Crippen molar-refractivity contribution in [2.24, 2.45) is 46.3 Å². The standard InChI is InChI=1S/C25H42O4/c1-15(5-8-22(28)29-4)18-6-7-19-23-20(10-12-25(18,19)3)24(2)11-9-17(26)13-16(24)14-21(23)27/h15-21,23,26-27H,5-14H2,1-4H3/t15?,16?,17-,18?,19?,20?,21?,23?,24+,25-/m1/s1. The molecule has 4 nitrogen and oxygen atoms in total. The van der Waals surface area contributed by atoms with Crippen LogP contribution in [-0.2, 0) is 9.53 Å². The van der Waals surface area contributed by atoms with Gasteiger partial charge in [0.05, 0.1) is 19.3 Å². The highest BCUT2D eigenvalue weighted by molar-refractivity contribution is 5.69. The van der Waals surface area contributed by atoms with Gasteiger partial charge in [-0.2, -0.15) is 0 Å². The van der Waals surface area contributed by atoms with E-state index in [0.717, 1.165) is 32.1 Å². The van der Waals surface area contributed by atoms with Crippen LogP contribution in [-0.4, -0.2) is 35.5 Å². The van der Waals surface area contributed by atoms with Crippen molar-refractivity contribution >= 4 is 5.97 Å². The second kappa shape index (κ2) is 7.82. The summed E-state index contributed by atoms with van der Waals surface area (Å²) in [5.74, 6) is 3.17. The van der Waals surface area contributed by atoms with E-state index >= 15 is 0 Å². The molecule has 166 valence electrons. The molecule has 7 unspecified atom stereocenters. The number of ether oxygens (including phenoxy) is 1. The molecule has 4 aliphatic rings. The van der Waals surface area contributed by atoms with Gasteiger partial charge in [-0.05, 0) is 104 Å². The van der Waals surface area contributed by atoms with Crippen molar-refractivity contribution in [3.63, 3.8) is 0 Å². The lowest BCUT2D eigenvalue weighted by atomic mass is 9.43. The molecule has 4 rings (SSSR count). The van der Waals surface area contributed by atoms with Crippen molar-refractivity contribution in [3.8, 4) is 0 Å². The topological polar surface area (TPSA) is 66.8 Å². The average Bonchev–Trinajstić information content (AvgIpc) is 3.04. The van der Waals surface area contributed by atoms with Gasteiger partial charge in [0.25, 0.3) is 0 Å². The van der Waals surface area contributed by atoms with Gasteiger partial charge in [-0.25, -0.2) is 0 Å². The molecule has 0 aromatic rings. The lowest BCUT2D eigenvalue weighted by molar-refractivity contribution is -0.174. The van der Waals surface area contributed by atoms with Gasteiger partial charge in [0.2, 0.25) is 0 Å². The highest BCUT2D eigenvalue weighted by atomic mass is 16.5. The number of hydrogen-bond acceptors (Lipinski definition) is 4. The van der Waals surface area contributed by atoms with Crippen LogP contribution < -0.4 is 0 Å². The van der Waals surface area contributed by atoms with Gasteiger partial charge in [-0.15, -0.1) is 0 Å². The third-order valence-corrected chi connectivity index (χ3v) is 10.4. The fourth-order valence-corrected chi connectivity index (χ4v) is 8.82. The number of carbonyl (C=O) groups excluding carboxylic acids is 1. The third kappa shape index (κ3) is 3.46. The van der Waals surface area contributed by atoms with Gasteiger partial charge in [0, 0.05) is 6.42 Å². The van der Waals surface area contributed by atoms with Crippen LogP contribution in [0.3, 0.4) is 0 Å². The minimum atomic E-state index is -0.211. The van der Waals surface area contributed by atoms with Crippen LogP contribution in [0.15, 0.2) is 0 Å². The summed E-state index contributed by atoms with van der Waals surface area (Å²) in [6.45, 7) is 7.29. The van der Waals surface area contributed by atoms with E-state index in [2.05, 4.69) is 20.8 Å². The van der Waals surface area contributed by atoms with E-state index in [1.807, 2.05) is 0 Å². The number of fused-ring (bicyclic) bond motifs is 5. The molecule has 10 atom stereocenters. The Kier molecular flexibility index (Phi) is 5.83. The van der Waals surface area contributed by atoms with Crippen molar-refractivity contribution < 1.29 is 19.7 Å². The lowest BCUT2D eigenvalue weighted by Gasteiger charge is -2.62. The zero-order chi connectivity index (χ0) is 21.0. The Morgan fingerprint density at radius 3 is 2.45 bits per heavy atom. The smallest absolute Gasteiger partial charge is 0.305 e. The Hall–Kier alpha value is -0.610. The normalized spacial score (nSPS) is 50.2. The molecule has 0 heterocycles. The summed E-state index contributed by atoms with van der Waals surface area (Å²) in [5.41, 5.74) is 0.577. The quantitative estimate of drug-likeness (QED) is 0.671. The van der Waals surface area contributed by atoms with Gasteiger partial charge in [-0.1, -0.05) is 20.8 Å². The van der Waals surface area contributed by atoms with Gasteiger partial charge in [-0.3, -0.25) is 4.79 Å². The molecule has 0 bridgehead atoms. The molecule has 2 N–H and O–H groups in total. The molecular formula is C25H42O4. The number of esters is 1. The minimum Gasteiger partial charge on any atom is -0.469 e. The van der Waals surface area contributed by atoms with Crippen LogP contribution in [0.25, 0.3) is 0 Å². The van der Waals surface area contributed by atoms with Crippen LogP contribution >= 0.6 is 0 Å². The maximum Gasteiger partial charge on any atom is 0.305 e. The zero-order valence-electron chi connectivity index (χ0n) is 18.9. The van der Waals surface area contributed by atoms with Gasteiger partial charge in [0.1, 0.15) is 0 Å². The fourth-order valence-electron chi connectivity index (χ4n) is 8.82. The van der Waals surface area contributed by atoms with E-state index in [4.69, 9.17) is 4.74 Å². The molecule has 4 fully saturated rings. The summed E-state index contributed by atoms with van der Waals surface area (Å²) in [6.07, 6.45) is 9.80. The second-order valence-corrected chi connectivity index (χ2v) is 11.5. The van der Waals surface area contributed by atoms with Gasteiger partial charge < -0.3 is 14.9 Å². The van der Waals surface area contributed by atoms with E-state index in [-0.39, 0.29) is 23.6 Å². The van der Waals surface area contributed by atoms with Crippen molar-refractivity contribution in [1.82, 2.24) is 0 Å². The van der Waals surface area contributed by atoms with E-state index in [9.17, 15) is 15.0 Å². The van der Waals surface area contributed by atoms with E-state index in [0.29, 0.717) is 47.3 Å². The molecule has 4 aliphatic carbocycles. The molecule has 0 aromatic carbocycles. The average molecular weight is 407 g/mol. The Balaban J connectivity index is 1.53. The number of carbonyl (C=O) groups is 1. The summed E-state index contributed by atoms with van der Waals surface area (Å²) in [7, 11) is 1.48. The van der Waals surface area contributed by atoms with Crippen molar-refractivity contribution in [1.29, 1.82) is 0 Å². The van der Waals surface area contributed by atoms with Crippen molar-refractivity contribution in [2.45, 2.75) is 97.2 Å². The molecule has 0 amide bonds. The first kappa shape index (κ1) is 21.6. The van der Waals surface area contributed by atoms with E-state index in [1.165, 1.54) is 32.8 Å². The SMILES string of the molecule is COC(=O)CCC(C)C1CCC2C3C(O)CC4C[C@H](O)CC[C@]4(C)C3CC[C@]12C. The Morgan fingerprint density at radius 1 is 1.03 bits per heavy atom. The maximum atomic E-state index is 11.6. The molecular weight excluding hydrogens is 364 g/mol. The number of methoxy groups -OCH3 is 1. The molecule has 29 heavy (non-hydrogen) atoms. The van der Waals surface area contributed by atoms with Crippen molar-refractivity contribution in [3.05, 3.63) is 0 Å². The van der Waals surface area contributed by atoms with Crippen LogP contribution in [0.1, 0.15) is 85.0 Å². The van der Waals surface area contributed by atoms with Gasteiger partial charge >= 0.3 is 5.97 Å². The first-order chi connectivity index (χ1) is 13.7. The minimum absolute atomic E-state index is 0.0959. The van der Waals surface area contributed by atoms with Gasteiger partial charge in [0.15, 0.2) is 0 Å². The number of hydrogen-bond donors (Lipinski definition) is 2. The Morgan fingerprint density at radius 2 is 1.72 bits per heavy atom. The summed E-state index contributed by atoms with van der Waals surface area (Å²) in [4.78, 5) is 11.6. The highest BCUT2D eigenvalue weighted by Gasteiger charge is 2.62. The van der Waals surface area contributed by atoms with Crippen LogP contribution in [0.2, 0.25) is 0 Å². The first-order valence-electron chi connectivity index (χ1n) is 12.1. The summed E-state index contributed by atoms with van der Waals surface area (Å²) in [6, 6.07) is 0. The monoisotopic (exact) mass is 406 g/mol. The van der Waals surface area contributed by atoms with E-state index in [1.54, 1.807) is 0 Å². The van der Waals surface area contributed by atoms with Crippen LogP contribution in [0, 0.1) is 46.3 Å². The van der Waals surface area contributed by atoms with Crippen LogP contribution in [0.4, 0.5) is 0 Å². The third-order valence-electron chi connectivity index (χ3n) is 10.4. The number of aliphatic hydroxyl groups excluding tert-OH is 2. The molecule has 0 radical (unpaired) electrons. The molecule has 0 aliphatic heterocycles. The van der Waals surface area contributed by atoms with Crippen molar-refractivity contribution in [2.75, 3.05) is 7.11 Å². The zero-order valence-corrected chi connectivity index (χ0v) is 18.9. The first-order valence-corrected chi connectivity index (χ1v) is 12.1. The predicted molar refractivity (Wildman–Crippen MR) is 113 cm³/mol. The highest BCUT2D eigenvalue weighted by Crippen LogP contribution is 2.68. The molecule has 4 heteroatoms. The largest absolute Gasteiger partial charge is 0.469 e. The maximum absolute atomic E-state index is 11.6. The predicted octanol–water partition coefficient (Wildman–Crippen LogP) is 4.57. The molecule has 0 spiro atoms. The summed E-state index contributed by atoms with van der Waals surface area (Å²) >= 11 is 0. The Bertz CT molecular complexity index is 620.